The fourth-order valence-electron chi connectivity index (χ4n) is 1.46. The van der Waals surface area contributed by atoms with Crippen LogP contribution < -0.4 is 4.74 Å². The first-order valence-electron chi connectivity index (χ1n) is 6.17. The number of hydrogen-bond acceptors (Lipinski definition) is 4. The van der Waals surface area contributed by atoms with Crippen molar-refractivity contribution in [2.75, 3.05) is 0 Å². The van der Waals surface area contributed by atoms with Gasteiger partial charge in [0.2, 0.25) is 0 Å². The predicted octanol–water partition coefficient (Wildman–Crippen LogP) is 3.44. The van der Waals surface area contributed by atoms with Crippen LogP contribution in [0.3, 0.4) is 0 Å². The fraction of sp³-hybridized carbons (Fsp3) is 0.385. The van der Waals surface area contributed by atoms with E-state index >= 15 is 0 Å². The van der Waals surface area contributed by atoms with Crippen LogP contribution in [0.2, 0.25) is 0 Å². The van der Waals surface area contributed by atoms with Gasteiger partial charge in [0.15, 0.2) is 11.0 Å². The normalized spacial score (nSPS) is 13.2. The molecule has 4 nitrogen and oxygen atoms in total. The summed E-state index contributed by atoms with van der Waals surface area (Å²) in [4.78, 5) is 0. The zero-order chi connectivity index (χ0) is 15.5. The van der Waals surface area contributed by atoms with E-state index in [1.54, 1.807) is 19.2 Å². The Labute approximate surface area is 124 Å². The van der Waals surface area contributed by atoms with Crippen molar-refractivity contribution in [1.82, 2.24) is 14.8 Å². The summed E-state index contributed by atoms with van der Waals surface area (Å²) in [7, 11) is 1.62. The molecule has 1 aromatic heterocycles. The Morgan fingerprint density at radius 1 is 1.24 bits per heavy atom. The van der Waals surface area contributed by atoms with Crippen LogP contribution in [-0.4, -0.2) is 26.2 Å². The minimum Gasteiger partial charge on any atom is -0.486 e. The molecule has 0 radical (unpaired) electrons. The molecular weight excluding hydrogens is 303 g/mol. The molecule has 21 heavy (non-hydrogen) atoms. The fourth-order valence-corrected chi connectivity index (χ4v) is 2.26. The maximum absolute atomic E-state index is 12.5. The predicted molar refractivity (Wildman–Crippen MR) is 73.2 cm³/mol. The van der Waals surface area contributed by atoms with Crippen molar-refractivity contribution in [1.29, 1.82) is 0 Å². The quantitative estimate of drug-likeness (QED) is 0.792. The third kappa shape index (κ3) is 4.13. The lowest BCUT2D eigenvalue weighted by Gasteiger charge is -2.14. The Hall–Kier alpha value is -1.70. The molecule has 0 fully saturated rings. The first kappa shape index (κ1) is 15.7. The lowest BCUT2D eigenvalue weighted by atomic mass is 10.3. The van der Waals surface area contributed by atoms with Gasteiger partial charge >= 0.3 is 6.18 Å². The van der Waals surface area contributed by atoms with Gasteiger partial charge in [-0.15, -0.1) is 10.2 Å². The van der Waals surface area contributed by atoms with Gasteiger partial charge in [0.25, 0.3) is 0 Å². The minimum absolute atomic E-state index is 0.147. The Morgan fingerprint density at radius 3 is 2.52 bits per heavy atom. The summed E-state index contributed by atoms with van der Waals surface area (Å²) < 4.78 is 44.6. The van der Waals surface area contributed by atoms with Crippen LogP contribution in [0.1, 0.15) is 12.7 Å². The molecule has 8 heteroatoms. The topological polar surface area (TPSA) is 39.9 Å². The largest absolute Gasteiger partial charge is 0.486 e. The van der Waals surface area contributed by atoms with Crippen LogP contribution in [-0.2, 0) is 13.7 Å². The monoisotopic (exact) mass is 317 g/mol. The molecule has 0 saturated heterocycles. The zero-order valence-corrected chi connectivity index (χ0v) is 12.3. The summed E-state index contributed by atoms with van der Waals surface area (Å²) >= 11 is 0.628. The van der Waals surface area contributed by atoms with Crippen molar-refractivity contribution in [2.45, 2.75) is 30.1 Å². The number of ether oxygens (including phenoxy) is 1. The molecule has 0 aliphatic heterocycles. The standard InChI is InChI=1S/C13H14F3N3OS/c1-9(13(14,15)16)21-12-18-17-11(19(12)2)8-20-10-6-4-3-5-7-10/h3-7,9H,8H2,1-2H3/t9-/m1/s1. The average molecular weight is 317 g/mol. The summed E-state index contributed by atoms with van der Waals surface area (Å²) in [5, 5.41) is 6.32. The highest BCUT2D eigenvalue weighted by Gasteiger charge is 2.37. The SMILES string of the molecule is C[C@@H](Sc1nnc(COc2ccccc2)n1C)C(F)(F)F. The van der Waals surface area contributed by atoms with Crippen LogP contribution >= 0.6 is 11.8 Å². The molecule has 0 amide bonds. The van der Waals surface area contributed by atoms with Crippen molar-refractivity contribution in [3.05, 3.63) is 36.2 Å². The highest BCUT2D eigenvalue weighted by Crippen LogP contribution is 2.33. The van der Waals surface area contributed by atoms with Gasteiger partial charge in [-0.05, 0) is 19.1 Å². The number of rotatable bonds is 5. The van der Waals surface area contributed by atoms with Gasteiger partial charge in [0, 0.05) is 7.05 Å². The molecule has 0 N–H and O–H groups in total. The van der Waals surface area contributed by atoms with Crippen LogP contribution in [0, 0.1) is 0 Å². The third-order valence-corrected chi connectivity index (χ3v) is 3.97. The molecule has 1 heterocycles. The second-order valence-electron chi connectivity index (χ2n) is 4.36. The minimum atomic E-state index is -4.27. The van der Waals surface area contributed by atoms with Crippen LogP contribution in [0.15, 0.2) is 35.5 Å². The summed E-state index contributed by atoms with van der Waals surface area (Å²) in [5.41, 5.74) is 0. The highest BCUT2D eigenvalue weighted by atomic mass is 32.2. The van der Waals surface area contributed by atoms with E-state index in [9.17, 15) is 13.2 Å². The molecular formula is C13H14F3N3OS. The maximum atomic E-state index is 12.5. The molecule has 0 saturated carbocycles. The lowest BCUT2D eigenvalue weighted by Crippen LogP contribution is -2.22. The van der Waals surface area contributed by atoms with Gasteiger partial charge in [-0.25, -0.2) is 0 Å². The van der Waals surface area contributed by atoms with Crippen molar-refractivity contribution in [2.24, 2.45) is 7.05 Å². The van der Waals surface area contributed by atoms with E-state index in [0.29, 0.717) is 23.3 Å². The van der Waals surface area contributed by atoms with Crippen LogP contribution in [0.4, 0.5) is 13.2 Å². The van der Waals surface area contributed by atoms with E-state index in [-0.39, 0.29) is 11.8 Å². The van der Waals surface area contributed by atoms with Gasteiger partial charge in [0.1, 0.15) is 17.6 Å². The van der Waals surface area contributed by atoms with Gasteiger partial charge in [-0.2, -0.15) is 13.2 Å². The Kier molecular flexibility index (Phi) is 4.76. The first-order valence-corrected chi connectivity index (χ1v) is 7.05. The number of benzene rings is 1. The molecule has 0 aliphatic carbocycles. The van der Waals surface area contributed by atoms with Gasteiger partial charge in [-0.3, -0.25) is 0 Å². The van der Waals surface area contributed by atoms with Crippen molar-refractivity contribution in [3.63, 3.8) is 0 Å². The van der Waals surface area contributed by atoms with Crippen molar-refractivity contribution >= 4 is 11.8 Å². The van der Waals surface area contributed by atoms with Crippen molar-refractivity contribution < 1.29 is 17.9 Å². The molecule has 0 spiro atoms. The molecule has 2 rings (SSSR count). The number of thioether (sulfide) groups is 1. The van der Waals surface area contributed by atoms with E-state index < -0.39 is 11.4 Å². The zero-order valence-electron chi connectivity index (χ0n) is 11.5. The molecule has 0 aliphatic rings. The van der Waals surface area contributed by atoms with Crippen LogP contribution in [0.5, 0.6) is 5.75 Å². The summed E-state index contributed by atoms with van der Waals surface area (Å²) in [5.74, 6) is 1.13. The third-order valence-electron chi connectivity index (χ3n) is 2.78. The number of hydrogen-bond donors (Lipinski definition) is 0. The first-order chi connectivity index (χ1) is 9.88. The second kappa shape index (κ2) is 6.38. The lowest BCUT2D eigenvalue weighted by molar-refractivity contribution is -0.125. The van der Waals surface area contributed by atoms with Gasteiger partial charge in [-0.1, -0.05) is 30.0 Å². The smallest absolute Gasteiger partial charge is 0.400 e. The van der Waals surface area contributed by atoms with E-state index in [1.807, 2.05) is 18.2 Å². The summed E-state index contributed by atoms with van der Waals surface area (Å²) in [6.07, 6.45) is -4.27. The molecule has 2 aromatic rings. The molecule has 0 unspecified atom stereocenters. The average Bonchev–Trinajstić information content (AvgIpc) is 2.78. The Morgan fingerprint density at radius 2 is 1.90 bits per heavy atom. The van der Waals surface area contributed by atoms with Gasteiger partial charge < -0.3 is 9.30 Å². The number of alkyl halides is 3. The Balaban J connectivity index is 2.00. The highest BCUT2D eigenvalue weighted by molar-refractivity contribution is 7.99. The maximum Gasteiger partial charge on any atom is 0.400 e. The number of halogens is 3. The van der Waals surface area contributed by atoms with E-state index in [0.717, 1.165) is 6.92 Å². The molecule has 0 bridgehead atoms. The number of nitrogens with zero attached hydrogens (tertiary/aromatic N) is 3. The summed E-state index contributed by atoms with van der Waals surface area (Å²) in [6, 6.07) is 9.11. The van der Waals surface area contributed by atoms with E-state index in [2.05, 4.69) is 10.2 Å². The van der Waals surface area contributed by atoms with Crippen LogP contribution in [0.25, 0.3) is 0 Å². The molecule has 1 atom stereocenters. The van der Waals surface area contributed by atoms with E-state index in [4.69, 9.17) is 4.74 Å². The summed E-state index contributed by atoms with van der Waals surface area (Å²) in [6.45, 7) is 1.24. The second-order valence-corrected chi connectivity index (χ2v) is 5.67. The molecule has 1 aromatic carbocycles. The van der Waals surface area contributed by atoms with Gasteiger partial charge in [0.05, 0.1) is 0 Å². The number of aromatic nitrogens is 3. The molecule has 114 valence electrons. The number of para-hydroxylation sites is 1. The van der Waals surface area contributed by atoms with E-state index in [1.165, 1.54) is 4.57 Å². The van der Waals surface area contributed by atoms with Crippen molar-refractivity contribution in [3.8, 4) is 5.75 Å². The Bertz CT molecular complexity index is 586.